The molecule has 0 atom stereocenters. The molecule has 3 heteroatoms. The summed E-state index contributed by atoms with van der Waals surface area (Å²) in [6.07, 6.45) is 3.81. The van der Waals surface area contributed by atoms with Crippen molar-refractivity contribution in [1.29, 1.82) is 0 Å². The zero-order chi connectivity index (χ0) is 13.9. The van der Waals surface area contributed by atoms with Gasteiger partial charge < -0.3 is 5.32 Å². The second-order valence-electron chi connectivity index (χ2n) is 5.83. The lowest BCUT2D eigenvalue weighted by Gasteiger charge is -2.11. The highest BCUT2D eigenvalue weighted by Gasteiger charge is 2.19. The first-order valence-corrected chi connectivity index (χ1v) is 7.53. The van der Waals surface area contributed by atoms with Crippen LogP contribution in [-0.2, 0) is 13.0 Å². The van der Waals surface area contributed by atoms with E-state index >= 15 is 0 Å². The van der Waals surface area contributed by atoms with E-state index in [2.05, 4.69) is 59.3 Å². The van der Waals surface area contributed by atoms with Gasteiger partial charge in [0.2, 0.25) is 0 Å². The molecule has 1 N–H and O–H groups in total. The molecule has 0 bridgehead atoms. The molecule has 0 radical (unpaired) electrons. The first kappa shape index (κ1) is 13.4. The fourth-order valence-corrected chi connectivity index (χ4v) is 2.65. The molecule has 0 spiro atoms. The van der Waals surface area contributed by atoms with E-state index in [1.54, 1.807) is 0 Å². The van der Waals surface area contributed by atoms with Crippen molar-refractivity contribution in [2.24, 2.45) is 0 Å². The quantitative estimate of drug-likeness (QED) is 0.874. The van der Waals surface area contributed by atoms with Gasteiger partial charge in [0.05, 0.1) is 12.2 Å². The Morgan fingerprint density at radius 1 is 1.20 bits per heavy atom. The van der Waals surface area contributed by atoms with E-state index in [0.717, 1.165) is 31.2 Å². The summed E-state index contributed by atoms with van der Waals surface area (Å²) in [6, 6.07) is 11.7. The molecule has 1 heterocycles. The molecule has 3 rings (SSSR count). The lowest BCUT2D eigenvalue weighted by atomic mass is 10.0. The van der Waals surface area contributed by atoms with E-state index < -0.39 is 0 Å². The molecule has 1 aliphatic rings. The topological polar surface area (TPSA) is 29.9 Å². The standard InChI is InChI=1S/C17H23N3/c1-13-11-14(2)20(19-13)12-16-6-4-3-5-15(16)9-10-18-17-7-8-17/h3-6,11,17-18H,7-10,12H2,1-2H3. The number of nitrogens with one attached hydrogen (secondary N) is 1. The molecule has 0 unspecified atom stereocenters. The largest absolute Gasteiger partial charge is 0.314 e. The van der Waals surface area contributed by atoms with Crippen molar-refractivity contribution in [3.05, 3.63) is 52.8 Å². The van der Waals surface area contributed by atoms with Crippen LogP contribution in [0.3, 0.4) is 0 Å². The van der Waals surface area contributed by atoms with Crippen LogP contribution in [0.4, 0.5) is 0 Å². The molecule has 1 saturated carbocycles. The monoisotopic (exact) mass is 269 g/mol. The van der Waals surface area contributed by atoms with Crippen molar-refractivity contribution < 1.29 is 0 Å². The molecule has 20 heavy (non-hydrogen) atoms. The molecule has 0 aliphatic heterocycles. The zero-order valence-corrected chi connectivity index (χ0v) is 12.4. The minimum atomic E-state index is 0.790. The van der Waals surface area contributed by atoms with Gasteiger partial charge in [0.15, 0.2) is 0 Å². The van der Waals surface area contributed by atoms with Crippen LogP contribution in [0.5, 0.6) is 0 Å². The number of hydrogen-bond donors (Lipinski definition) is 1. The van der Waals surface area contributed by atoms with Crippen molar-refractivity contribution in [3.8, 4) is 0 Å². The fraction of sp³-hybridized carbons (Fsp3) is 0.471. The summed E-state index contributed by atoms with van der Waals surface area (Å²) in [5.41, 5.74) is 5.15. The van der Waals surface area contributed by atoms with Crippen molar-refractivity contribution >= 4 is 0 Å². The van der Waals surface area contributed by atoms with Crippen LogP contribution >= 0.6 is 0 Å². The van der Waals surface area contributed by atoms with Gasteiger partial charge in [0.25, 0.3) is 0 Å². The molecule has 1 fully saturated rings. The molecular weight excluding hydrogens is 246 g/mol. The van der Waals surface area contributed by atoms with E-state index in [1.165, 1.54) is 29.7 Å². The number of benzene rings is 1. The van der Waals surface area contributed by atoms with Gasteiger partial charge in [0.1, 0.15) is 0 Å². The van der Waals surface area contributed by atoms with Crippen LogP contribution in [0.25, 0.3) is 0 Å². The number of hydrogen-bond acceptors (Lipinski definition) is 2. The van der Waals surface area contributed by atoms with Crippen molar-refractivity contribution in [3.63, 3.8) is 0 Å². The Balaban J connectivity index is 1.69. The van der Waals surface area contributed by atoms with Crippen molar-refractivity contribution in [1.82, 2.24) is 15.1 Å². The molecule has 1 aliphatic carbocycles. The normalized spacial score (nSPS) is 14.7. The molecular formula is C17H23N3. The van der Waals surface area contributed by atoms with Crippen LogP contribution in [0.15, 0.2) is 30.3 Å². The van der Waals surface area contributed by atoms with Crippen LogP contribution in [0, 0.1) is 13.8 Å². The molecule has 0 saturated heterocycles. The number of rotatable bonds is 6. The van der Waals surface area contributed by atoms with Crippen LogP contribution in [0.2, 0.25) is 0 Å². The summed E-state index contributed by atoms with van der Waals surface area (Å²) >= 11 is 0. The maximum absolute atomic E-state index is 4.57. The van der Waals surface area contributed by atoms with Gasteiger partial charge in [-0.05, 0) is 56.8 Å². The molecule has 0 amide bonds. The Hall–Kier alpha value is -1.61. The highest BCUT2D eigenvalue weighted by Crippen LogP contribution is 2.19. The summed E-state index contributed by atoms with van der Waals surface area (Å²) < 4.78 is 2.10. The van der Waals surface area contributed by atoms with Gasteiger partial charge in [-0.15, -0.1) is 0 Å². The van der Waals surface area contributed by atoms with Gasteiger partial charge in [-0.1, -0.05) is 24.3 Å². The third-order valence-corrected chi connectivity index (χ3v) is 3.95. The Labute approximate surface area is 121 Å². The van der Waals surface area contributed by atoms with Crippen LogP contribution in [-0.4, -0.2) is 22.4 Å². The highest BCUT2D eigenvalue weighted by atomic mass is 15.3. The molecule has 106 valence electrons. The molecule has 1 aromatic heterocycles. The van der Waals surface area contributed by atoms with E-state index in [1.807, 2.05) is 0 Å². The Morgan fingerprint density at radius 3 is 2.60 bits per heavy atom. The molecule has 1 aromatic carbocycles. The van der Waals surface area contributed by atoms with Crippen LogP contribution in [0.1, 0.15) is 35.4 Å². The number of aryl methyl sites for hydroxylation is 2. The third-order valence-electron chi connectivity index (χ3n) is 3.95. The summed E-state index contributed by atoms with van der Waals surface area (Å²) in [5, 5.41) is 8.16. The van der Waals surface area contributed by atoms with Gasteiger partial charge in [0, 0.05) is 11.7 Å². The highest BCUT2D eigenvalue weighted by molar-refractivity contribution is 5.28. The lowest BCUT2D eigenvalue weighted by Crippen LogP contribution is -2.20. The first-order valence-electron chi connectivity index (χ1n) is 7.53. The first-order chi connectivity index (χ1) is 9.72. The smallest absolute Gasteiger partial charge is 0.0665 e. The number of aromatic nitrogens is 2. The predicted molar refractivity (Wildman–Crippen MR) is 82.0 cm³/mol. The maximum Gasteiger partial charge on any atom is 0.0665 e. The minimum absolute atomic E-state index is 0.790. The Kier molecular flexibility index (Phi) is 3.88. The average Bonchev–Trinajstić information content (AvgIpc) is 3.18. The van der Waals surface area contributed by atoms with Gasteiger partial charge in [-0.3, -0.25) is 4.68 Å². The van der Waals surface area contributed by atoms with E-state index in [4.69, 9.17) is 0 Å². The Morgan fingerprint density at radius 2 is 1.95 bits per heavy atom. The maximum atomic E-state index is 4.57. The van der Waals surface area contributed by atoms with E-state index in [9.17, 15) is 0 Å². The molecule has 2 aromatic rings. The second kappa shape index (κ2) is 5.80. The van der Waals surface area contributed by atoms with Gasteiger partial charge in [-0.2, -0.15) is 5.10 Å². The van der Waals surface area contributed by atoms with E-state index in [-0.39, 0.29) is 0 Å². The molecule has 3 nitrogen and oxygen atoms in total. The summed E-state index contributed by atoms with van der Waals surface area (Å²) in [4.78, 5) is 0. The minimum Gasteiger partial charge on any atom is -0.314 e. The summed E-state index contributed by atoms with van der Waals surface area (Å²) in [5.74, 6) is 0. The van der Waals surface area contributed by atoms with Gasteiger partial charge >= 0.3 is 0 Å². The lowest BCUT2D eigenvalue weighted by molar-refractivity contribution is 0.644. The number of nitrogens with zero attached hydrogens (tertiary/aromatic N) is 2. The summed E-state index contributed by atoms with van der Waals surface area (Å²) in [6.45, 7) is 6.13. The summed E-state index contributed by atoms with van der Waals surface area (Å²) in [7, 11) is 0. The zero-order valence-electron chi connectivity index (χ0n) is 12.4. The van der Waals surface area contributed by atoms with Crippen molar-refractivity contribution in [2.75, 3.05) is 6.54 Å². The third kappa shape index (κ3) is 3.28. The van der Waals surface area contributed by atoms with E-state index in [0.29, 0.717) is 0 Å². The predicted octanol–water partition coefficient (Wildman–Crippen LogP) is 2.84. The average molecular weight is 269 g/mol. The Bertz CT molecular complexity index is 582. The van der Waals surface area contributed by atoms with Gasteiger partial charge in [-0.25, -0.2) is 0 Å². The fourth-order valence-electron chi connectivity index (χ4n) is 2.65. The second-order valence-corrected chi connectivity index (χ2v) is 5.83. The van der Waals surface area contributed by atoms with Crippen molar-refractivity contribution in [2.45, 2.75) is 45.7 Å². The SMILES string of the molecule is Cc1cc(C)n(Cc2ccccc2CCNC2CC2)n1. The van der Waals surface area contributed by atoms with Crippen LogP contribution < -0.4 is 5.32 Å².